The van der Waals surface area contributed by atoms with Crippen molar-refractivity contribution in [3.63, 3.8) is 0 Å². The summed E-state index contributed by atoms with van der Waals surface area (Å²) in [5.74, 6) is 0. The van der Waals surface area contributed by atoms with E-state index in [1.165, 1.54) is 0 Å². The highest BCUT2D eigenvalue weighted by Gasteiger charge is 2.24. The van der Waals surface area contributed by atoms with Crippen molar-refractivity contribution in [2.75, 3.05) is 46.1 Å². The van der Waals surface area contributed by atoms with Crippen molar-refractivity contribution in [3.05, 3.63) is 24.3 Å². The summed E-state index contributed by atoms with van der Waals surface area (Å²) in [5.41, 5.74) is 1.72. The zero-order valence-corrected chi connectivity index (χ0v) is 12.7. The second-order valence-corrected chi connectivity index (χ2v) is 5.49. The summed E-state index contributed by atoms with van der Waals surface area (Å²) in [6.45, 7) is 14.4. The van der Waals surface area contributed by atoms with Gasteiger partial charge < -0.3 is 25.0 Å². The van der Waals surface area contributed by atoms with Gasteiger partial charge in [-0.15, -0.1) is 0 Å². The topological polar surface area (TPSA) is 62.8 Å². The van der Waals surface area contributed by atoms with E-state index in [1.54, 1.807) is 4.90 Å². The maximum Gasteiger partial charge on any atom is 0.318 e. The Morgan fingerprint density at radius 2 is 2.10 bits per heavy atom. The van der Waals surface area contributed by atoms with Gasteiger partial charge in [0.05, 0.1) is 38.5 Å². The number of urea groups is 1. The van der Waals surface area contributed by atoms with Crippen LogP contribution in [-0.4, -0.2) is 69.1 Å². The lowest BCUT2D eigenvalue weighted by molar-refractivity contribution is 0.0192. The van der Waals surface area contributed by atoms with Crippen molar-refractivity contribution in [1.29, 1.82) is 0 Å². The van der Waals surface area contributed by atoms with Crippen LogP contribution < -0.4 is 10.6 Å². The molecule has 2 atom stereocenters. The van der Waals surface area contributed by atoms with Crippen LogP contribution in [0.3, 0.4) is 0 Å². The molecule has 118 valence electrons. The molecule has 0 radical (unpaired) electrons. The predicted molar refractivity (Wildman–Crippen MR) is 81.3 cm³/mol. The van der Waals surface area contributed by atoms with Crippen LogP contribution in [0.5, 0.6) is 0 Å². The molecular weight excluding hydrogens is 270 g/mol. The molecule has 2 aliphatic rings. The highest BCUT2D eigenvalue weighted by Crippen LogP contribution is 2.13. The number of hydrogen-bond donors (Lipinski definition) is 2. The van der Waals surface area contributed by atoms with Crippen molar-refractivity contribution in [2.24, 2.45) is 0 Å². The molecule has 2 heterocycles. The lowest BCUT2D eigenvalue weighted by Gasteiger charge is -2.33. The molecule has 0 aromatic rings. The van der Waals surface area contributed by atoms with Gasteiger partial charge in [0.25, 0.3) is 0 Å². The summed E-state index contributed by atoms with van der Waals surface area (Å²) in [5, 5.41) is 6.24. The molecule has 6 nitrogen and oxygen atoms in total. The molecule has 0 bridgehead atoms. The summed E-state index contributed by atoms with van der Waals surface area (Å²) in [7, 11) is 0. The quantitative estimate of drug-likeness (QED) is 0.742. The molecule has 21 heavy (non-hydrogen) atoms. The number of rotatable bonds is 4. The van der Waals surface area contributed by atoms with E-state index in [1.807, 2.05) is 6.92 Å². The third-order valence-corrected chi connectivity index (χ3v) is 3.88. The third kappa shape index (κ3) is 4.30. The van der Waals surface area contributed by atoms with Gasteiger partial charge in [-0.1, -0.05) is 13.2 Å². The average molecular weight is 295 g/mol. The number of hydrogen-bond acceptors (Lipinski definition) is 4. The number of nitrogens with zero attached hydrogens (tertiary/aromatic N) is 1. The average Bonchev–Trinajstić information content (AvgIpc) is 2.52. The van der Waals surface area contributed by atoms with Gasteiger partial charge in [-0.05, 0) is 18.1 Å². The number of morpholine rings is 2. The Morgan fingerprint density at radius 3 is 2.76 bits per heavy atom. The second kappa shape index (κ2) is 7.59. The van der Waals surface area contributed by atoms with Crippen LogP contribution >= 0.6 is 0 Å². The molecule has 0 spiro atoms. The van der Waals surface area contributed by atoms with Crippen LogP contribution in [0.2, 0.25) is 0 Å². The van der Waals surface area contributed by atoms with Crippen molar-refractivity contribution >= 4 is 6.03 Å². The number of ether oxygens (including phenoxy) is 2. The Kier molecular flexibility index (Phi) is 5.78. The Morgan fingerprint density at radius 1 is 1.33 bits per heavy atom. The van der Waals surface area contributed by atoms with Crippen LogP contribution in [0.15, 0.2) is 24.3 Å². The first-order valence-corrected chi connectivity index (χ1v) is 7.40. The first-order chi connectivity index (χ1) is 10.1. The van der Waals surface area contributed by atoms with Crippen molar-refractivity contribution in [3.8, 4) is 0 Å². The number of carbonyl (C=O) groups excluding carboxylic acids is 1. The Balaban J connectivity index is 1.77. The van der Waals surface area contributed by atoms with Gasteiger partial charge >= 0.3 is 6.03 Å². The van der Waals surface area contributed by atoms with Gasteiger partial charge in [0.15, 0.2) is 0 Å². The van der Waals surface area contributed by atoms with Crippen LogP contribution in [0.1, 0.15) is 6.92 Å². The molecule has 2 saturated heterocycles. The fourth-order valence-electron chi connectivity index (χ4n) is 2.46. The van der Waals surface area contributed by atoms with Crippen LogP contribution in [-0.2, 0) is 9.47 Å². The normalized spacial score (nSPS) is 26.2. The smallest absolute Gasteiger partial charge is 0.318 e. The van der Waals surface area contributed by atoms with E-state index in [0.29, 0.717) is 32.9 Å². The summed E-state index contributed by atoms with van der Waals surface area (Å²) >= 11 is 0. The van der Waals surface area contributed by atoms with Gasteiger partial charge in [-0.25, -0.2) is 4.79 Å². The molecule has 2 fully saturated rings. The van der Waals surface area contributed by atoms with E-state index in [2.05, 4.69) is 23.8 Å². The lowest BCUT2D eigenvalue weighted by atomic mass is 10.0. The summed E-state index contributed by atoms with van der Waals surface area (Å²) in [6.07, 6.45) is 0. The minimum atomic E-state index is -0.0763. The maximum atomic E-state index is 12.2. The molecule has 2 N–H and O–H groups in total. The summed E-state index contributed by atoms with van der Waals surface area (Å²) in [4.78, 5) is 14.0. The number of carbonyl (C=O) groups is 1. The van der Waals surface area contributed by atoms with E-state index in [4.69, 9.17) is 9.47 Å². The molecule has 0 aromatic heterocycles. The Hall–Kier alpha value is -1.37. The molecule has 0 saturated carbocycles. The van der Waals surface area contributed by atoms with Gasteiger partial charge in [-0.2, -0.15) is 0 Å². The first-order valence-electron chi connectivity index (χ1n) is 7.40. The van der Waals surface area contributed by atoms with Crippen LogP contribution in [0.25, 0.3) is 0 Å². The highest BCUT2D eigenvalue weighted by molar-refractivity contribution is 5.75. The molecule has 6 heteroatoms. The maximum absolute atomic E-state index is 12.2. The molecule has 2 rings (SSSR count). The van der Waals surface area contributed by atoms with E-state index < -0.39 is 0 Å². The number of nitrogens with one attached hydrogen (secondary N) is 2. The summed E-state index contributed by atoms with van der Waals surface area (Å²) < 4.78 is 10.7. The van der Waals surface area contributed by atoms with Crippen molar-refractivity contribution in [1.82, 2.24) is 15.5 Å². The Bertz CT molecular complexity index is 405. The van der Waals surface area contributed by atoms with E-state index in [-0.39, 0.29) is 18.1 Å². The largest absolute Gasteiger partial charge is 0.378 e. The van der Waals surface area contributed by atoms with Gasteiger partial charge in [0.1, 0.15) is 0 Å². The van der Waals surface area contributed by atoms with Gasteiger partial charge in [0, 0.05) is 19.6 Å². The SMILES string of the molecule is C=C(CNC(=O)N1CCOC[C@@H]1C)C(=C)[C@@H]1COCCN1. The first kappa shape index (κ1) is 16.0. The third-order valence-electron chi connectivity index (χ3n) is 3.88. The van der Waals surface area contributed by atoms with Crippen LogP contribution in [0, 0.1) is 0 Å². The predicted octanol–water partition coefficient (Wildman–Crippen LogP) is 0.518. The zero-order chi connectivity index (χ0) is 15.2. The molecular formula is C15H25N3O3. The standard InChI is InChI=1S/C15H25N3O3/c1-11(13(3)14-10-20-6-4-16-14)8-17-15(19)18-5-7-21-9-12(18)2/h12,14,16H,1,3-10H2,2H3,(H,17,19)/t12-,14-/m0/s1. The fraction of sp³-hybridized carbons (Fsp3) is 0.667. The zero-order valence-electron chi connectivity index (χ0n) is 12.7. The van der Waals surface area contributed by atoms with Crippen LogP contribution in [0.4, 0.5) is 4.79 Å². The number of amides is 2. The van der Waals surface area contributed by atoms with Crippen molar-refractivity contribution in [2.45, 2.75) is 19.0 Å². The van der Waals surface area contributed by atoms with E-state index in [0.717, 1.165) is 24.3 Å². The minimum Gasteiger partial charge on any atom is -0.378 e. The monoisotopic (exact) mass is 295 g/mol. The summed E-state index contributed by atoms with van der Waals surface area (Å²) in [6, 6.07) is 0.113. The second-order valence-electron chi connectivity index (χ2n) is 5.49. The Labute approximate surface area is 126 Å². The molecule has 2 amide bonds. The minimum absolute atomic E-state index is 0.0763. The van der Waals surface area contributed by atoms with E-state index >= 15 is 0 Å². The molecule has 2 aliphatic heterocycles. The van der Waals surface area contributed by atoms with Gasteiger partial charge in [0.2, 0.25) is 0 Å². The molecule has 0 aromatic carbocycles. The van der Waals surface area contributed by atoms with Crippen molar-refractivity contribution < 1.29 is 14.3 Å². The fourth-order valence-corrected chi connectivity index (χ4v) is 2.46. The highest BCUT2D eigenvalue weighted by atomic mass is 16.5. The molecule has 0 unspecified atom stereocenters. The molecule has 0 aliphatic carbocycles. The van der Waals surface area contributed by atoms with E-state index in [9.17, 15) is 4.79 Å². The van der Waals surface area contributed by atoms with Gasteiger partial charge in [-0.3, -0.25) is 0 Å². The lowest BCUT2D eigenvalue weighted by Crippen LogP contribution is -2.51.